The van der Waals surface area contributed by atoms with Crippen molar-refractivity contribution in [1.29, 1.82) is 0 Å². The number of likely N-dealkylation sites (tertiary alicyclic amines) is 1. The summed E-state index contributed by atoms with van der Waals surface area (Å²) in [6.45, 7) is 1.23. The van der Waals surface area contributed by atoms with E-state index in [1.807, 2.05) is 0 Å². The Morgan fingerprint density at radius 2 is 1.65 bits per heavy atom. The summed E-state index contributed by atoms with van der Waals surface area (Å²) < 4.78 is 34.3. The van der Waals surface area contributed by atoms with Crippen LogP contribution >= 0.6 is 11.6 Å². The molecule has 1 saturated heterocycles. The Bertz CT molecular complexity index is 1340. The van der Waals surface area contributed by atoms with E-state index in [4.69, 9.17) is 16.3 Å². The summed E-state index contributed by atoms with van der Waals surface area (Å²) in [5, 5.41) is 0.266. The van der Waals surface area contributed by atoms with Crippen LogP contribution in [0.15, 0.2) is 71.6 Å². The van der Waals surface area contributed by atoms with E-state index in [0.717, 1.165) is 12.8 Å². The van der Waals surface area contributed by atoms with Gasteiger partial charge < -0.3 is 9.64 Å². The standard InChI is InChI=1S/C25H23ClN2O5S/c1-33-23-12-10-19(16-21(23)25(30)28-13-5-6-14-28)34(31,32)27-22-15-18(26)9-11-20(22)24(29)17-7-3-2-4-8-17/h2-4,7-12,15-16,27H,5-6,13-14H2,1H3. The molecule has 9 heteroatoms. The molecule has 1 fully saturated rings. The second-order valence-electron chi connectivity index (χ2n) is 7.85. The molecular formula is C25H23ClN2O5S. The molecule has 0 aliphatic carbocycles. The van der Waals surface area contributed by atoms with Gasteiger partial charge in [0.1, 0.15) is 5.75 Å². The molecule has 176 valence electrons. The van der Waals surface area contributed by atoms with Crippen molar-refractivity contribution in [1.82, 2.24) is 4.90 Å². The molecule has 0 spiro atoms. The lowest BCUT2D eigenvalue weighted by atomic mass is 10.0. The van der Waals surface area contributed by atoms with Gasteiger partial charge in [-0.2, -0.15) is 0 Å². The number of hydrogen-bond acceptors (Lipinski definition) is 5. The first kappa shape index (κ1) is 23.8. The van der Waals surface area contributed by atoms with Gasteiger partial charge in [0.05, 0.1) is 23.3 Å². The highest BCUT2D eigenvalue weighted by Crippen LogP contribution is 2.29. The second kappa shape index (κ2) is 9.87. The van der Waals surface area contributed by atoms with E-state index in [-0.39, 0.29) is 38.4 Å². The van der Waals surface area contributed by atoms with Crippen molar-refractivity contribution in [2.24, 2.45) is 0 Å². The van der Waals surface area contributed by atoms with Gasteiger partial charge >= 0.3 is 0 Å². The Morgan fingerprint density at radius 3 is 2.32 bits per heavy atom. The molecule has 0 radical (unpaired) electrons. The summed E-state index contributed by atoms with van der Waals surface area (Å²) in [5.74, 6) is -0.345. The number of halogens is 1. The Morgan fingerprint density at radius 1 is 0.941 bits per heavy atom. The smallest absolute Gasteiger partial charge is 0.261 e. The molecule has 0 aromatic heterocycles. The maximum absolute atomic E-state index is 13.3. The zero-order valence-electron chi connectivity index (χ0n) is 18.5. The minimum Gasteiger partial charge on any atom is -0.496 e. The van der Waals surface area contributed by atoms with Gasteiger partial charge in [0.2, 0.25) is 0 Å². The van der Waals surface area contributed by atoms with E-state index in [9.17, 15) is 18.0 Å². The molecule has 1 N–H and O–H groups in total. The largest absolute Gasteiger partial charge is 0.496 e. The first-order valence-corrected chi connectivity index (χ1v) is 12.6. The fourth-order valence-corrected chi connectivity index (χ4v) is 5.13. The maximum Gasteiger partial charge on any atom is 0.261 e. The van der Waals surface area contributed by atoms with Crippen molar-refractivity contribution in [2.75, 3.05) is 24.9 Å². The number of methoxy groups -OCH3 is 1. The minimum absolute atomic E-state index is 0.0459. The molecule has 0 unspecified atom stereocenters. The molecule has 34 heavy (non-hydrogen) atoms. The zero-order chi connectivity index (χ0) is 24.3. The summed E-state index contributed by atoms with van der Waals surface area (Å²) >= 11 is 6.11. The molecule has 1 aliphatic heterocycles. The highest BCUT2D eigenvalue weighted by Gasteiger charge is 2.26. The van der Waals surface area contributed by atoms with E-state index >= 15 is 0 Å². The van der Waals surface area contributed by atoms with Crippen molar-refractivity contribution in [3.05, 3.63) is 88.4 Å². The van der Waals surface area contributed by atoms with E-state index in [0.29, 0.717) is 24.4 Å². The predicted molar refractivity (Wildman–Crippen MR) is 130 cm³/mol. The molecule has 3 aromatic carbocycles. The molecule has 1 heterocycles. The van der Waals surface area contributed by atoms with Crippen molar-refractivity contribution in [3.8, 4) is 5.75 Å². The zero-order valence-corrected chi connectivity index (χ0v) is 20.0. The summed E-state index contributed by atoms with van der Waals surface area (Å²) in [6.07, 6.45) is 1.81. The lowest BCUT2D eigenvalue weighted by Gasteiger charge is -2.18. The predicted octanol–water partition coefficient (Wildman–Crippen LogP) is 4.62. The number of carbonyl (C=O) groups excluding carboxylic acids is 2. The molecule has 0 atom stereocenters. The summed E-state index contributed by atoms with van der Waals surface area (Å²) in [7, 11) is -2.73. The number of carbonyl (C=O) groups is 2. The molecule has 7 nitrogen and oxygen atoms in total. The molecule has 0 bridgehead atoms. The van der Waals surface area contributed by atoms with Crippen molar-refractivity contribution in [3.63, 3.8) is 0 Å². The van der Waals surface area contributed by atoms with Gasteiger partial charge in [0.15, 0.2) is 5.78 Å². The van der Waals surface area contributed by atoms with E-state index in [2.05, 4.69) is 4.72 Å². The number of ketones is 1. The summed E-state index contributed by atoms with van der Waals surface area (Å²) in [4.78, 5) is 27.6. The molecule has 0 saturated carbocycles. The Kier molecular flexibility index (Phi) is 6.90. The van der Waals surface area contributed by atoms with Crippen LogP contribution in [0, 0.1) is 0 Å². The molecule has 1 aliphatic rings. The lowest BCUT2D eigenvalue weighted by molar-refractivity contribution is 0.0789. The third-order valence-electron chi connectivity index (χ3n) is 5.61. The molecule has 1 amide bonds. The number of rotatable bonds is 7. The third-order valence-corrected chi connectivity index (χ3v) is 7.21. The van der Waals surface area contributed by atoms with Gasteiger partial charge in [-0.3, -0.25) is 14.3 Å². The highest BCUT2D eigenvalue weighted by molar-refractivity contribution is 7.92. The average Bonchev–Trinajstić information content (AvgIpc) is 3.38. The number of amides is 1. The first-order valence-electron chi connectivity index (χ1n) is 10.7. The monoisotopic (exact) mass is 498 g/mol. The van der Waals surface area contributed by atoms with Gasteiger partial charge in [-0.25, -0.2) is 8.42 Å². The molecular weight excluding hydrogens is 476 g/mol. The summed E-state index contributed by atoms with van der Waals surface area (Å²) in [6, 6.07) is 17.0. The fraction of sp³-hybridized carbons (Fsp3) is 0.200. The number of benzene rings is 3. The van der Waals surface area contributed by atoms with Crippen LogP contribution in [-0.4, -0.2) is 45.2 Å². The van der Waals surface area contributed by atoms with Crippen molar-refractivity contribution < 1.29 is 22.7 Å². The van der Waals surface area contributed by atoms with Crippen LogP contribution in [0.2, 0.25) is 5.02 Å². The number of sulfonamides is 1. The summed E-state index contributed by atoms with van der Waals surface area (Å²) in [5.41, 5.74) is 0.776. The van der Waals surface area contributed by atoms with Crippen molar-refractivity contribution in [2.45, 2.75) is 17.7 Å². The van der Waals surface area contributed by atoms with Gasteiger partial charge in [0, 0.05) is 29.2 Å². The van der Waals surface area contributed by atoms with Gasteiger partial charge in [0.25, 0.3) is 15.9 Å². The SMILES string of the molecule is COc1ccc(S(=O)(=O)Nc2cc(Cl)ccc2C(=O)c2ccccc2)cc1C(=O)N1CCCC1. The molecule has 3 aromatic rings. The topological polar surface area (TPSA) is 92.8 Å². The number of nitrogens with zero attached hydrogens (tertiary/aromatic N) is 1. The quantitative estimate of drug-likeness (QED) is 0.480. The minimum atomic E-state index is -4.16. The van der Waals surface area contributed by atoms with Gasteiger partial charge in [-0.05, 0) is 49.2 Å². The van der Waals surface area contributed by atoms with Gasteiger partial charge in [-0.1, -0.05) is 41.9 Å². The van der Waals surface area contributed by atoms with E-state index < -0.39 is 10.0 Å². The Balaban J connectivity index is 1.70. The van der Waals surface area contributed by atoms with Crippen LogP contribution in [0.25, 0.3) is 0 Å². The normalized spacial score (nSPS) is 13.5. The average molecular weight is 499 g/mol. The second-order valence-corrected chi connectivity index (χ2v) is 9.97. The molecule has 4 rings (SSSR count). The first-order chi connectivity index (χ1) is 16.3. The number of anilines is 1. The van der Waals surface area contributed by atoms with E-state index in [1.165, 1.54) is 43.5 Å². The van der Waals surface area contributed by atoms with Crippen LogP contribution in [-0.2, 0) is 10.0 Å². The lowest BCUT2D eigenvalue weighted by Crippen LogP contribution is -2.28. The van der Waals surface area contributed by atoms with Crippen LogP contribution in [0.3, 0.4) is 0 Å². The maximum atomic E-state index is 13.3. The number of hydrogen-bond donors (Lipinski definition) is 1. The van der Waals surface area contributed by atoms with Gasteiger partial charge in [-0.15, -0.1) is 0 Å². The number of ether oxygens (including phenoxy) is 1. The number of nitrogens with one attached hydrogen (secondary N) is 1. The van der Waals surface area contributed by atoms with Crippen LogP contribution in [0.4, 0.5) is 5.69 Å². The highest BCUT2D eigenvalue weighted by atomic mass is 35.5. The Hall–Kier alpha value is -3.36. The Labute approximate surface area is 203 Å². The van der Waals surface area contributed by atoms with E-state index in [1.54, 1.807) is 35.2 Å². The fourth-order valence-electron chi connectivity index (χ4n) is 3.86. The van der Waals surface area contributed by atoms with Crippen molar-refractivity contribution >= 4 is 39.0 Å². The van der Waals surface area contributed by atoms with Crippen LogP contribution in [0.5, 0.6) is 5.75 Å². The third kappa shape index (κ3) is 4.93. The van der Waals surface area contributed by atoms with Crippen LogP contribution in [0.1, 0.15) is 39.1 Å². The van der Waals surface area contributed by atoms with Crippen LogP contribution < -0.4 is 9.46 Å².